The molecule has 14 heavy (non-hydrogen) atoms. The first kappa shape index (κ1) is 11.2. The third-order valence-electron chi connectivity index (χ3n) is 3.19. The molecule has 0 aliphatic rings. The van der Waals surface area contributed by atoms with Crippen molar-refractivity contribution in [1.82, 2.24) is 10.2 Å². The maximum Gasteiger partial charge on any atom is 0.0689 e. The summed E-state index contributed by atoms with van der Waals surface area (Å²) in [6.45, 7) is 9.01. The third-order valence-corrected chi connectivity index (χ3v) is 3.19. The fraction of sp³-hybridized carbons (Fsp3) is 0.667. The van der Waals surface area contributed by atoms with Crippen molar-refractivity contribution >= 4 is 0 Å². The van der Waals surface area contributed by atoms with Gasteiger partial charge in [0.1, 0.15) is 0 Å². The quantitative estimate of drug-likeness (QED) is 0.732. The molecule has 0 radical (unpaired) electrons. The SMILES string of the molecule is CCCC(C)C(C)(C)c1cccnn1. The lowest BCUT2D eigenvalue weighted by atomic mass is 9.75. The molecule has 0 spiro atoms. The molecule has 2 nitrogen and oxygen atoms in total. The standard InChI is InChI=1S/C12H20N2/c1-5-7-10(2)12(3,4)11-8-6-9-13-14-11/h6,8-10H,5,7H2,1-4H3. The van der Waals surface area contributed by atoms with Gasteiger partial charge in [-0.25, -0.2) is 0 Å². The second-order valence-corrected chi connectivity index (χ2v) is 4.52. The molecule has 0 bridgehead atoms. The highest BCUT2D eigenvalue weighted by Gasteiger charge is 2.28. The molecule has 0 aliphatic carbocycles. The van der Waals surface area contributed by atoms with Gasteiger partial charge >= 0.3 is 0 Å². The Bertz CT molecular complexity index is 267. The molecular weight excluding hydrogens is 172 g/mol. The van der Waals surface area contributed by atoms with Crippen molar-refractivity contribution in [3.05, 3.63) is 24.0 Å². The van der Waals surface area contributed by atoms with E-state index in [1.807, 2.05) is 6.07 Å². The zero-order chi connectivity index (χ0) is 10.6. The second-order valence-electron chi connectivity index (χ2n) is 4.52. The van der Waals surface area contributed by atoms with Crippen molar-refractivity contribution in [2.24, 2.45) is 5.92 Å². The first-order valence-corrected chi connectivity index (χ1v) is 5.37. The molecule has 0 aromatic carbocycles. The summed E-state index contributed by atoms with van der Waals surface area (Å²) in [5.74, 6) is 0.643. The molecule has 2 heteroatoms. The lowest BCUT2D eigenvalue weighted by molar-refractivity contribution is 0.312. The van der Waals surface area contributed by atoms with Gasteiger partial charge < -0.3 is 0 Å². The van der Waals surface area contributed by atoms with Crippen LogP contribution in [0.3, 0.4) is 0 Å². The highest BCUT2D eigenvalue weighted by molar-refractivity contribution is 5.13. The van der Waals surface area contributed by atoms with E-state index in [0.29, 0.717) is 5.92 Å². The Kier molecular flexibility index (Phi) is 3.62. The molecule has 0 saturated heterocycles. The Hall–Kier alpha value is -0.920. The first-order chi connectivity index (χ1) is 6.59. The summed E-state index contributed by atoms with van der Waals surface area (Å²) in [5, 5.41) is 8.15. The highest BCUT2D eigenvalue weighted by atomic mass is 15.1. The summed E-state index contributed by atoms with van der Waals surface area (Å²) in [7, 11) is 0. The van der Waals surface area contributed by atoms with Crippen molar-refractivity contribution in [2.75, 3.05) is 0 Å². The van der Waals surface area contributed by atoms with Gasteiger partial charge in [0.2, 0.25) is 0 Å². The molecule has 1 aromatic rings. The first-order valence-electron chi connectivity index (χ1n) is 5.37. The van der Waals surface area contributed by atoms with Gasteiger partial charge in [-0.2, -0.15) is 10.2 Å². The van der Waals surface area contributed by atoms with Gasteiger partial charge in [0.05, 0.1) is 5.69 Å². The van der Waals surface area contributed by atoms with Crippen molar-refractivity contribution in [1.29, 1.82) is 0 Å². The molecule has 0 saturated carbocycles. The van der Waals surface area contributed by atoms with Crippen LogP contribution in [0.2, 0.25) is 0 Å². The van der Waals surface area contributed by atoms with Crippen molar-refractivity contribution in [2.45, 2.75) is 46.0 Å². The predicted molar refractivity (Wildman–Crippen MR) is 59.1 cm³/mol. The predicted octanol–water partition coefficient (Wildman–Crippen LogP) is 3.19. The Morgan fingerprint density at radius 3 is 2.64 bits per heavy atom. The number of aromatic nitrogens is 2. The van der Waals surface area contributed by atoms with Crippen molar-refractivity contribution in [3.8, 4) is 0 Å². The van der Waals surface area contributed by atoms with E-state index in [1.54, 1.807) is 6.20 Å². The van der Waals surface area contributed by atoms with Crippen LogP contribution in [0.25, 0.3) is 0 Å². The molecule has 0 fully saturated rings. The average Bonchev–Trinajstić information content (AvgIpc) is 2.19. The van der Waals surface area contributed by atoms with E-state index in [0.717, 1.165) is 5.69 Å². The maximum atomic E-state index is 4.20. The van der Waals surface area contributed by atoms with Gasteiger partial charge in [0, 0.05) is 11.6 Å². The Morgan fingerprint density at radius 2 is 2.14 bits per heavy atom. The van der Waals surface area contributed by atoms with Crippen LogP contribution in [0.4, 0.5) is 0 Å². The number of rotatable bonds is 4. The molecule has 1 unspecified atom stereocenters. The van der Waals surface area contributed by atoms with E-state index < -0.39 is 0 Å². The molecular formula is C12H20N2. The average molecular weight is 192 g/mol. The largest absolute Gasteiger partial charge is 0.159 e. The minimum absolute atomic E-state index is 0.129. The van der Waals surface area contributed by atoms with E-state index in [1.165, 1.54) is 12.8 Å². The van der Waals surface area contributed by atoms with Crippen LogP contribution in [0.5, 0.6) is 0 Å². The summed E-state index contributed by atoms with van der Waals surface area (Å²) in [6, 6.07) is 4.03. The second kappa shape index (κ2) is 4.54. The van der Waals surface area contributed by atoms with Crippen LogP contribution in [-0.4, -0.2) is 10.2 Å². The van der Waals surface area contributed by atoms with Gasteiger partial charge in [-0.05, 0) is 18.1 Å². The number of nitrogens with zero attached hydrogens (tertiary/aromatic N) is 2. The van der Waals surface area contributed by atoms with Gasteiger partial charge in [0.15, 0.2) is 0 Å². The van der Waals surface area contributed by atoms with Gasteiger partial charge in [-0.1, -0.05) is 40.5 Å². The minimum atomic E-state index is 0.129. The zero-order valence-corrected chi connectivity index (χ0v) is 9.62. The third kappa shape index (κ3) is 2.31. The van der Waals surface area contributed by atoms with Crippen LogP contribution >= 0.6 is 0 Å². The van der Waals surface area contributed by atoms with Crippen LogP contribution in [0, 0.1) is 5.92 Å². The van der Waals surface area contributed by atoms with E-state index in [9.17, 15) is 0 Å². The molecule has 1 rings (SSSR count). The Balaban J connectivity index is 2.84. The lowest BCUT2D eigenvalue weighted by Gasteiger charge is -2.30. The smallest absolute Gasteiger partial charge is 0.0689 e. The van der Waals surface area contributed by atoms with E-state index in [2.05, 4.69) is 44.0 Å². The zero-order valence-electron chi connectivity index (χ0n) is 9.62. The fourth-order valence-electron chi connectivity index (χ4n) is 1.69. The monoisotopic (exact) mass is 192 g/mol. The maximum absolute atomic E-state index is 4.20. The summed E-state index contributed by atoms with van der Waals surface area (Å²) in [4.78, 5) is 0. The minimum Gasteiger partial charge on any atom is -0.159 e. The topological polar surface area (TPSA) is 25.8 Å². The molecule has 1 atom stereocenters. The molecule has 0 aliphatic heterocycles. The molecule has 0 amide bonds. The van der Waals surface area contributed by atoms with Gasteiger partial charge in [0.25, 0.3) is 0 Å². The normalized spacial score (nSPS) is 14.0. The summed E-state index contributed by atoms with van der Waals surface area (Å²) in [5.41, 5.74) is 1.23. The van der Waals surface area contributed by atoms with Crippen LogP contribution in [0.1, 0.15) is 46.2 Å². The molecule has 0 N–H and O–H groups in total. The molecule has 78 valence electrons. The lowest BCUT2D eigenvalue weighted by Crippen LogP contribution is -2.27. The summed E-state index contributed by atoms with van der Waals surface area (Å²) in [6.07, 6.45) is 4.19. The van der Waals surface area contributed by atoms with Crippen LogP contribution < -0.4 is 0 Å². The van der Waals surface area contributed by atoms with E-state index >= 15 is 0 Å². The van der Waals surface area contributed by atoms with Crippen LogP contribution in [-0.2, 0) is 5.41 Å². The van der Waals surface area contributed by atoms with Gasteiger partial charge in [-0.15, -0.1) is 0 Å². The number of hydrogen-bond donors (Lipinski definition) is 0. The Labute approximate surface area is 86.8 Å². The number of hydrogen-bond acceptors (Lipinski definition) is 2. The molecule has 1 heterocycles. The van der Waals surface area contributed by atoms with Gasteiger partial charge in [-0.3, -0.25) is 0 Å². The van der Waals surface area contributed by atoms with Crippen LogP contribution in [0.15, 0.2) is 18.3 Å². The Morgan fingerprint density at radius 1 is 1.43 bits per heavy atom. The fourth-order valence-corrected chi connectivity index (χ4v) is 1.69. The van der Waals surface area contributed by atoms with E-state index in [4.69, 9.17) is 0 Å². The molecule has 1 aromatic heterocycles. The van der Waals surface area contributed by atoms with Crippen molar-refractivity contribution < 1.29 is 0 Å². The summed E-state index contributed by atoms with van der Waals surface area (Å²) >= 11 is 0. The van der Waals surface area contributed by atoms with E-state index in [-0.39, 0.29) is 5.41 Å². The summed E-state index contributed by atoms with van der Waals surface area (Å²) < 4.78 is 0. The highest BCUT2D eigenvalue weighted by Crippen LogP contribution is 2.32. The van der Waals surface area contributed by atoms with Crippen molar-refractivity contribution in [3.63, 3.8) is 0 Å².